The third kappa shape index (κ3) is 5.89. The van der Waals surface area contributed by atoms with Gasteiger partial charge in [-0.2, -0.15) is 0 Å². The van der Waals surface area contributed by atoms with Gasteiger partial charge in [0.1, 0.15) is 11.5 Å². The average molecular weight is 459 g/mol. The van der Waals surface area contributed by atoms with Gasteiger partial charge in [0.2, 0.25) is 5.91 Å². The molecule has 31 heavy (non-hydrogen) atoms. The summed E-state index contributed by atoms with van der Waals surface area (Å²) in [7, 11) is 3.03. The summed E-state index contributed by atoms with van der Waals surface area (Å²) in [6, 6.07) is 10.3. The van der Waals surface area contributed by atoms with Crippen LogP contribution in [0, 0.1) is 0 Å². The molecule has 0 atom stereocenters. The third-order valence-electron chi connectivity index (χ3n) is 4.21. The van der Waals surface area contributed by atoms with E-state index in [2.05, 4.69) is 20.9 Å². The average Bonchev–Trinajstić information content (AvgIpc) is 3.14. The van der Waals surface area contributed by atoms with Crippen LogP contribution in [0.2, 0.25) is 0 Å². The van der Waals surface area contributed by atoms with E-state index in [0.717, 1.165) is 16.6 Å². The van der Waals surface area contributed by atoms with Gasteiger partial charge >= 0.3 is 0 Å². The number of anilines is 2. The quantitative estimate of drug-likeness (QED) is 0.457. The van der Waals surface area contributed by atoms with Crippen LogP contribution in [0.5, 0.6) is 11.5 Å². The number of aromatic nitrogens is 1. The monoisotopic (exact) mass is 458 g/mol. The predicted molar refractivity (Wildman–Crippen MR) is 126 cm³/mol. The molecule has 0 aliphatic carbocycles. The van der Waals surface area contributed by atoms with Crippen molar-refractivity contribution in [2.24, 2.45) is 0 Å². The fourth-order valence-electron chi connectivity index (χ4n) is 2.74. The van der Waals surface area contributed by atoms with E-state index >= 15 is 0 Å². The molecule has 3 rings (SSSR count). The summed E-state index contributed by atoms with van der Waals surface area (Å²) in [6.45, 7) is 1.95. The van der Waals surface area contributed by atoms with Crippen LogP contribution in [-0.4, -0.2) is 36.1 Å². The smallest absolute Gasteiger partial charge is 0.257 e. The molecule has 1 heterocycles. The lowest BCUT2D eigenvalue weighted by Crippen LogP contribution is -2.34. The second-order valence-electron chi connectivity index (χ2n) is 6.51. The van der Waals surface area contributed by atoms with E-state index in [9.17, 15) is 9.59 Å². The fourth-order valence-corrected chi connectivity index (χ4v) is 3.87. The maximum absolute atomic E-state index is 12.6. The van der Waals surface area contributed by atoms with Crippen LogP contribution in [0.1, 0.15) is 30.1 Å². The molecule has 1 aromatic heterocycles. The van der Waals surface area contributed by atoms with Crippen molar-refractivity contribution in [3.63, 3.8) is 0 Å². The highest BCUT2D eigenvalue weighted by Gasteiger charge is 2.13. The molecule has 10 heteroatoms. The Morgan fingerprint density at radius 1 is 1.06 bits per heavy atom. The maximum Gasteiger partial charge on any atom is 0.257 e. The van der Waals surface area contributed by atoms with E-state index in [4.69, 9.17) is 21.7 Å². The Hall–Kier alpha value is -3.24. The van der Waals surface area contributed by atoms with Crippen LogP contribution in [0.3, 0.4) is 0 Å². The number of hydrogen-bond acceptors (Lipinski definition) is 7. The summed E-state index contributed by atoms with van der Waals surface area (Å²) >= 11 is 6.64. The molecule has 3 N–H and O–H groups in total. The highest BCUT2D eigenvalue weighted by atomic mass is 32.1. The minimum absolute atomic E-state index is 0.0574. The first kappa shape index (κ1) is 22.4. The SMILES string of the molecule is CCCC(=O)Nc1nc2ccc(NC(=S)NC(=O)c3cc(OC)cc(OC)c3)cc2s1. The van der Waals surface area contributed by atoms with Gasteiger partial charge in [-0.25, -0.2) is 4.98 Å². The molecule has 0 bridgehead atoms. The van der Waals surface area contributed by atoms with E-state index in [0.29, 0.717) is 34.3 Å². The van der Waals surface area contributed by atoms with Crippen molar-refractivity contribution in [3.05, 3.63) is 42.0 Å². The Kier molecular flexibility index (Phi) is 7.37. The first-order chi connectivity index (χ1) is 14.9. The van der Waals surface area contributed by atoms with Crippen LogP contribution >= 0.6 is 23.6 Å². The molecule has 0 unspecified atom stereocenters. The van der Waals surface area contributed by atoms with Crippen LogP contribution in [0.15, 0.2) is 36.4 Å². The number of methoxy groups -OCH3 is 2. The first-order valence-corrected chi connectivity index (χ1v) is 10.7. The molecular formula is C21H22N4O4S2. The van der Waals surface area contributed by atoms with Gasteiger partial charge < -0.3 is 20.1 Å². The molecule has 0 saturated carbocycles. The van der Waals surface area contributed by atoms with Crippen molar-refractivity contribution in [2.75, 3.05) is 24.9 Å². The summed E-state index contributed by atoms with van der Waals surface area (Å²) in [4.78, 5) is 28.7. The summed E-state index contributed by atoms with van der Waals surface area (Å²) in [6.07, 6.45) is 1.23. The minimum atomic E-state index is -0.394. The Morgan fingerprint density at radius 2 is 1.77 bits per heavy atom. The zero-order valence-corrected chi connectivity index (χ0v) is 18.9. The lowest BCUT2D eigenvalue weighted by Gasteiger charge is -2.11. The summed E-state index contributed by atoms with van der Waals surface area (Å²) in [5, 5.41) is 9.13. The van der Waals surface area contributed by atoms with Crippen LogP contribution in [0.4, 0.5) is 10.8 Å². The van der Waals surface area contributed by atoms with Gasteiger partial charge in [0, 0.05) is 23.7 Å². The van der Waals surface area contributed by atoms with E-state index in [1.165, 1.54) is 25.6 Å². The fraction of sp³-hybridized carbons (Fsp3) is 0.238. The Bertz CT molecular complexity index is 1110. The molecule has 0 radical (unpaired) electrons. The first-order valence-electron chi connectivity index (χ1n) is 9.47. The molecule has 2 amide bonds. The topological polar surface area (TPSA) is 102 Å². The van der Waals surface area contributed by atoms with Gasteiger partial charge in [-0.05, 0) is 49.0 Å². The maximum atomic E-state index is 12.6. The Labute approximate surface area is 189 Å². The lowest BCUT2D eigenvalue weighted by molar-refractivity contribution is -0.116. The van der Waals surface area contributed by atoms with Crippen molar-refractivity contribution in [3.8, 4) is 11.5 Å². The number of thiocarbonyl (C=S) groups is 1. The number of carbonyl (C=O) groups excluding carboxylic acids is 2. The standard InChI is InChI=1S/C21H22N4O4S2/c1-4-5-18(26)24-21-23-16-7-6-13(10-17(16)31-21)22-20(30)25-19(27)12-8-14(28-2)11-15(9-12)29-3/h6-11H,4-5H2,1-3H3,(H,23,24,26)(H2,22,25,27,30). The van der Waals surface area contributed by atoms with E-state index < -0.39 is 5.91 Å². The van der Waals surface area contributed by atoms with Crippen LogP contribution in [0.25, 0.3) is 10.2 Å². The summed E-state index contributed by atoms with van der Waals surface area (Å²) in [5.74, 6) is 0.550. The molecule has 3 aromatic rings. The Balaban J connectivity index is 1.67. The van der Waals surface area contributed by atoms with E-state index in [1.54, 1.807) is 24.3 Å². The zero-order chi connectivity index (χ0) is 22.4. The van der Waals surface area contributed by atoms with Gasteiger partial charge in [-0.3, -0.25) is 14.9 Å². The van der Waals surface area contributed by atoms with Gasteiger partial charge in [-0.15, -0.1) is 0 Å². The normalized spacial score (nSPS) is 10.4. The van der Waals surface area contributed by atoms with Crippen LogP contribution in [-0.2, 0) is 4.79 Å². The molecule has 0 spiro atoms. The zero-order valence-electron chi connectivity index (χ0n) is 17.3. The molecule has 0 aliphatic heterocycles. The second kappa shape index (κ2) is 10.2. The van der Waals surface area contributed by atoms with Crippen molar-refractivity contribution in [1.82, 2.24) is 10.3 Å². The molecule has 0 aliphatic rings. The second-order valence-corrected chi connectivity index (χ2v) is 7.95. The van der Waals surface area contributed by atoms with Crippen molar-refractivity contribution >= 4 is 61.5 Å². The van der Waals surface area contributed by atoms with Crippen molar-refractivity contribution < 1.29 is 19.1 Å². The van der Waals surface area contributed by atoms with Gasteiger partial charge in [0.05, 0.1) is 24.4 Å². The number of nitrogens with one attached hydrogen (secondary N) is 3. The van der Waals surface area contributed by atoms with Gasteiger partial charge in [0.15, 0.2) is 10.2 Å². The van der Waals surface area contributed by atoms with Gasteiger partial charge in [-0.1, -0.05) is 18.3 Å². The number of hydrogen-bond donors (Lipinski definition) is 3. The number of fused-ring (bicyclic) bond motifs is 1. The molecule has 0 saturated heterocycles. The predicted octanol–water partition coefficient (Wildman–Crippen LogP) is 4.18. The molecule has 0 fully saturated rings. The number of benzene rings is 2. The van der Waals surface area contributed by atoms with Crippen LogP contribution < -0.4 is 25.4 Å². The molecule has 2 aromatic carbocycles. The molecule has 8 nitrogen and oxygen atoms in total. The lowest BCUT2D eigenvalue weighted by atomic mass is 10.2. The highest BCUT2D eigenvalue weighted by Crippen LogP contribution is 2.28. The van der Waals surface area contributed by atoms with Gasteiger partial charge in [0.25, 0.3) is 5.91 Å². The Morgan fingerprint density at radius 3 is 2.42 bits per heavy atom. The number of carbonyl (C=O) groups is 2. The molecular weight excluding hydrogens is 436 g/mol. The number of thiazole rings is 1. The van der Waals surface area contributed by atoms with Crippen molar-refractivity contribution in [1.29, 1.82) is 0 Å². The highest BCUT2D eigenvalue weighted by molar-refractivity contribution is 7.80. The molecule has 162 valence electrons. The largest absolute Gasteiger partial charge is 0.497 e. The van der Waals surface area contributed by atoms with Crippen molar-refractivity contribution in [2.45, 2.75) is 19.8 Å². The number of nitrogens with zero attached hydrogens (tertiary/aromatic N) is 1. The summed E-state index contributed by atoms with van der Waals surface area (Å²) < 4.78 is 11.3. The number of amides is 2. The summed E-state index contributed by atoms with van der Waals surface area (Å²) in [5.41, 5.74) is 1.81. The number of rotatable bonds is 7. The minimum Gasteiger partial charge on any atom is -0.497 e. The van der Waals surface area contributed by atoms with E-state index in [-0.39, 0.29) is 11.0 Å². The van der Waals surface area contributed by atoms with E-state index in [1.807, 2.05) is 19.1 Å². The number of ether oxygens (including phenoxy) is 2. The third-order valence-corrected chi connectivity index (χ3v) is 5.35.